The number of aryl methyl sites for hydroxylation is 1. The standard InChI is InChI=1S/C44H52OSi/c1-27-22-33(30-18-20-32(21-19-30)43(4,5)6)34-24-28(2)41(36(34)23-27)46(11,12)42-29(3)25-35-37(42)26-38(44(7,8)9)40(45-10)39(35)31-16-14-13-15-17-31/h13-26,41-42H,1-12H3. The molecule has 0 bridgehead atoms. The second kappa shape index (κ2) is 11.3. The van der Waals surface area contributed by atoms with Crippen molar-refractivity contribution in [3.8, 4) is 28.0 Å². The summed E-state index contributed by atoms with van der Waals surface area (Å²) in [5.41, 5.74) is 18.9. The van der Waals surface area contributed by atoms with Crippen LogP contribution in [-0.4, -0.2) is 15.2 Å². The highest BCUT2D eigenvalue weighted by atomic mass is 28.3. The van der Waals surface area contributed by atoms with E-state index in [1.807, 2.05) is 7.11 Å². The van der Waals surface area contributed by atoms with E-state index in [1.165, 1.54) is 72.3 Å². The summed E-state index contributed by atoms with van der Waals surface area (Å²) < 4.78 is 6.27. The Labute approximate surface area is 279 Å². The molecule has 0 amide bonds. The van der Waals surface area contributed by atoms with Crippen molar-refractivity contribution < 1.29 is 4.74 Å². The number of hydrogen-bond donors (Lipinski definition) is 0. The van der Waals surface area contributed by atoms with Gasteiger partial charge in [-0.15, -0.1) is 0 Å². The maximum atomic E-state index is 6.27. The number of methoxy groups -OCH3 is 1. The highest BCUT2D eigenvalue weighted by molar-refractivity contribution is 6.81. The number of fused-ring (bicyclic) bond motifs is 2. The smallest absolute Gasteiger partial charge is 0.131 e. The van der Waals surface area contributed by atoms with Crippen molar-refractivity contribution in [2.45, 2.75) is 97.3 Å². The van der Waals surface area contributed by atoms with Crippen LogP contribution in [-0.2, 0) is 10.8 Å². The summed E-state index contributed by atoms with van der Waals surface area (Å²) in [6, 6.07) is 27.6. The van der Waals surface area contributed by atoms with Gasteiger partial charge in [0.05, 0.1) is 15.2 Å². The Morgan fingerprint density at radius 2 is 1.20 bits per heavy atom. The lowest BCUT2D eigenvalue weighted by Crippen LogP contribution is -2.42. The molecule has 0 N–H and O–H groups in total. The average Bonchev–Trinajstić information content (AvgIpc) is 3.51. The molecule has 2 atom stereocenters. The van der Waals surface area contributed by atoms with E-state index in [2.05, 4.69) is 160 Å². The number of ether oxygens (including phenoxy) is 1. The Bertz CT molecular complexity index is 1870. The normalized spacial score (nSPS) is 17.8. The van der Waals surface area contributed by atoms with E-state index < -0.39 is 8.07 Å². The second-order valence-electron chi connectivity index (χ2n) is 16.6. The lowest BCUT2D eigenvalue weighted by molar-refractivity contribution is 0.399. The number of allylic oxidation sites excluding steroid dienone is 2. The largest absolute Gasteiger partial charge is 0.496 e. The number of rotatable bonds is 5. The van der Waals surface area contributed by atoms with Gasteiger partial charge < -0.3 is 4.74 Å². The Kier molecular flexibility index (Phi) is 7.92. The van der Waals surface area contributed by atoms with Crippen LogP contribution in [0.2, 0.25) is 13.1 Å². The first-order valence-electron chi connectivity index (χ1n) is 17.0. The van der Waals surface area contributed by atoms with Crippen molar-refractivity contribution in [1.29, 1.82) is 0 Å². The van der Waals surface area contributed by atoms with Crippen molar-refractivity contribution >= 4 is 20.2 Å². The van der Waals surface area contributed by atoms with Gasteiger partial charge in [0.2, 0.25) is 0 Å². The van der Waals surface area contributed by atoms with Crippen LogP contribution in [0.5, 0.6) is 5.75 Å². The average molecular weight is 625 g/mol. The minimum Gasteiger partial charge on any atom is -0.496 e. The van der Waals surface area contributed by atoms with E-state index >= 15 is 0 Å². The van der Waals surface area contributed by atoms with Gasteiger partial charge in [-0.2, -0.15) is 0 Å². The van der Waals surface area contributed by atoms with E-state index in [1.54, 1.807) is 0 Å². The molecule has 6 rings (SSSR count). The lowest BCUT2D eigenvalue weighted by atomic mass is 9.81. The zero-order valence-electron chi connectivity index (χ0n) is 30.1. The Morgan fingerprint density at radius 3 is 1.74 bits per heavy atom. The molecule has 4 aromatic carbocycles. The van der Waals surface area contributed by atoms with Crippen LogP contribution in [0.3, 0.4) is 0 Å². The van der Waals surface area contributed by atoms with Crippen LogP contribution < -0.4 is 4.74 Å². The molecule has 0 heterocycles. The SMILES string of the molecule is COc1c(C(C)(C)C)cc2c(c1-c1ccccc1)C=C(C)C2[Si](C)(C)C1C(C)=Cc2c(-c3ccc(C(C)(C)C)cc3)cc(C)cc21. The Hall–Kier alpha value is -3.62. The van der Waals surface area contributed by atoms with Crippen molar-refractivity contribution in [1.82, 2.24) is 0 Å². The third-order valence-electron chi connectivity index (χ3n) is 10.6. The summed E-state index contributed by atoms with van der Waals surface area (Å²) in [7, 11) is -0.219. The molecule has 2 aliphatic rings. The molecule has 0 radical (unpaired) electrons. The van der Waals surface area contributed by atoms with Gasteiger partial charge in [-0.25, -0.2) is 0 Å². The summed E-state index contributed by atoms with van der Waals surface area (Å²) in [5.74, 6) is 1.02. The maximum Gasteiger partial charge on any atom is 0.131 e. The van der Waals surface area contributed by atoms with Crippen LogP contribution in [0.1, 0.15) is 105 Å². The van der Waals surface area contributed by atoms with Crippen LogP contribution in [0.4, 0.5) is 0 Å². The topological polar surface area (TPSA) is 9.23 Å². The Balaban J connectivity index is 1.52. The van der Waals surface area contributed by atoms with Crippen molar-refractivity contribution in [2.24, 2.45) is 0 Å². The van der Waals surface area contributed by atoms with Crippen molar-refractivity contribution in [3.63, 3.8) is 0 Å². The number of hydrogen-bond acceptors (Lipinski definition) is 1. The first kappa shape index (κ1) is 32.3. The van der Waals surface area contributed by atoms with Crippen LogP contribution >= 0.6 is 0 Å². The minimum absolute atomic E-state index is 0.0546. The van der Waals surface area contributed by atoms with Gasteiger partial charge in [-0.3, -0.25) is 0 Å². The summed E-state index contributed by atoms with van der Waals surface area (Å²) in [6.45, 7) is 26.1. The fourth-order valence-corrected chi connectivity index (χ4v) is 13.6. The minimum atomic E-state index is -2.06. The highest BCUT2D eigenvalue weighted by Gasteiger charge is 2.48. The summed E-state index contributed by atoms with van der Waals surface area (Å²) in [6.07, 6.45) is 5.00. The molecule has 0 fully saturated rings. The predicted molar refractivity (Wildman–Crippen MR) is 203 cm³/mol. The second-order valence-corrected chi connectivity index (χ2v) is 21.4. The van der Waals surface area contributed by atoms with Crippen molar-refractivity contribution in [2.75, 3.05) is 7.11 Å². The molecule has 0 spiro atoms. The molecular weight excluding hydrogens is 573 g/mol. The first-order valence-corrected chi connectivity index (χ1v) is 20.1. The van der Waals surface area contributed by atoms with E-state index in [0.717, 1.165) is 5.75 Å². The molecule has 0 saturated carbocycles. The Morgan fingerprint density at radius 1 is 0.630 bits per heavy atom. The van der Waals surface area contributed by atoms with Gasteiger partial charge in [0.25, 0.3) is 0 Å². The summed E-state index contributed by atoms with van der Waals surface area (Å²) >= 11 is 0. The predicted octanol–water partition coefficient (Wildman–Crippen LogP) is 12.4. The summed E-state index contributed by atoms with van der Waals surface area (Å²) in [5, 5.41) is 0. The first-order chi connectivity index (χ1) is 21.5. The van der Waals surface area contributed by atoms with Gasteiger partial charge in [-0.05, 0) is 76.1 Å². The monoisotopic (exact) mass is 624 g/mol. The molecule has 4 aromatic rings. The third-order valence-corrected chi connectivity index (χ3v) is 15.1. The van der Waals surface area contributed by atoms with E-state index in [-0.39, 0.29) is 10.8 Å². The van der Waals surface area contributed by atoms with Gasteiger partial charge in [-0.1, -0.05) is 156 Å². The van der Waals surface area contributed by atoms with E-state index in [4.69, 9.17) is 4.74 Å². The summed E-state index contributed by atoms with van der Waals surface area (Å²) in [4.78, 5) is 0. The van der Waals surface area contributed by atoms with Gasteiger partial charge in [0.15, 0.2) is 0 Å². The lowest BCUT2D eigenvalue weighted by Gasteiger charge is -2.40. The highest BCUT2D eigenvalue weighted by Crippen LogP contribution is 2.56. The number of benzene rings is 4. The van der Waals surface area contributed by atoms with Gasteiger partial charge in [0, 0.05) is 22.2 Å². The molecule has 2 heteroatoms. The molecule has 2 aliphatic carbocycles. The van der Waals surface area contributed by atoms with Gasteiger partial charge in [0.1, 0.15) is 5.75 Å². The van der Waals surface area contributed by atoms with E-state index in [9.17, 15) is 0 Å². The molecule has 2 unspecified atom stereocenters. The molecule has 1 nitrogen and oxygen atoms in total. The van der Waals surface area contributed by atoms with E-state index in [0.29, 0.717) is 11.1 Å². The zero-order chi connectivity index (χ0) is 33.3. The van der Waals surface area contributed by atoms with Crippen LogP contribution in [0.25, 0.3) is 34.4 Å². The molecule has 0 aromatic heterocycles. The quantitative estimate of drug-likeness (QED) is 0.201. The molecular formula is C44H52OSi. The third kappa shape index (κ3) is 5.33. The molecule has 238 valence electrons. The maximum absolute atomic E-state index is 6.27. The fourth-order valence-electron chi connectivity index (χ4n) is 8.62. The zero-order valence-corrected chi connectivity index (χ0v) is 31.1. The molecule has 46 heavy (non-hydrogen) atoms. The fraction of sp³-hybridized carbons (Fsp3) is 0.364. The molecule has 0 aliphatic heterocycles. The molecule has 0 saturated heterocycles. The van der Waals surface area contributed by atoms with Crippen LogP contribution in [0.15, 0.2) is 83.9 Å². The van der Waals surface area contributed by atoms with Gasteiger partial charge >= 0.3 is 0 Å². The van der Waals surface area contributed by atoms with Crippen LogP contribution in [0, 0.1) is 6.92 Å². The van der Waals surface area contributed by atoms with Crippen molar-refractivity contribution in [3.05, 3.63) is 123 Å².